The fraction of sp³-hybridized carbons (Fsp3) is 0.727. The molecule has 29 heavy (non-hydrogen) atoms. The van der Waals surface area contributed by atoms with E-state index in [0.29, 0.717) is 25.6 Å². The van der Waals surface area contributed by atoms with Crippen LogP contribution in [0.1, 0.15) is 48.0 Å². The van der Waals surface area contributed by atoms with E-state index in [-0.39, 0.29) is 22.9 Å². The Balaban J connectivity index is 2.05. The van der Waals surface area contributed by atoms with E-state index in [1.54, 1.807) is 9.80 Å². The first kappa shape index (κ1) is 23.9. The first-order valence-electron chi connectivity index (χ1n) is 10.3. The van der Waals surface area contributed by atoms with E-state index in [2.05, 4.69) is 22.9 Å². The highest BCUT2D eigenvalue weighted by atomic mass is 79.9. The SMILES string of the molecule is CC(=O)N(C/C=C/[C@@H]1[C@@H](C)CCN1C(=O)OC(C)(C)C)C[C@@]1([C@H](C)F)C=CC1Br. The second-order valence-electron chi connectivity index (χ2n) is 9.25. The van der Waals surface area contributed by atoms with Crippen LogP contribution in [0.2, 0.25) is 0 Å². The highest BCUT2D eigenvalue weighted by Gasteiger charge is 2.46. The van der Waals surface area contributed by atoms with Crippen LogP contribution in [-0.4, -0.2) is 64.1 Å². The smallest absolute Gasteiger partial charge is 0.410 e. The molecule has 0 aromatic rings. The molecular formula is C22H34BrFN2O3. The van der Waals surface area contributed by atoms with Crippen molar-refractivity contribution in [2.45, 2.75) is 70.6 Å². The normalized spacial score (nSPS) is 30.3. The van der Waals surface area contributed by atoms with Gasteiger partial charge in [0.25, 0.3) is 0 Å². The molecule has 1 saturated heterocycles. The van der Waals surface area contributed by atoms with Crippen molar-refractivity contribution in [1.29, 1.82) is 0 Å². The number of halogens is 2. The third-order valence-corrected chi connectivity index (χ3v) is 6.95. The fourth-order valence-corrected chi connectivity index (χ4v) is 4.61. The highest BCUT2D eigenvalue weighted by Crippen LogP contribution is 2.44. The zero-order chi connectivity index (χ0) is 22.0. The Labute approximate surface area is 182 Å². The second kappa shape index (κ2) is 9.19. The number of rotatable bonds is 6. The quantitative estimate of drug-likeness (QED) is 0.415. The lowest BCUT2D eigenvalue weighted by Gasteiger charge is -2.44. The lowest BCUT2D eigenvalue weighted by atomic mass is 9.72. The van der Waals surface area contributed by atoms with Crippen LogP contribution < -0.4 is 0 Å². The van der Waals surface area contributed by atoms with Crippen molar-refractivity contribution in [3.8, 4) is 0 Å². The van der Waals surface area contributed by atoms with Gasteiger partial charge in [0.1, 0.15) is 11.8 Å². The van der Waals surface area contributed by atoms with Crippen molar-refractivity contribution in [3.63, 3.8) is 0 Å². The Morgan fingerprint density at radius 2 is 2.10 bits per heavy atom. The zero-order valence-corrected chi connectivity index (χ0v) is 19.9. The largest absolute Gasteiger partial charge is 0.444 e. The summed E-state index contributed by atoms with van der Waals surface area (Å²) in [4.78, 5) is 28.0. The molecule has 5 atom stereocenters. The number of carbonyl (C=O) groups is 2. The van der Waals surface area contributed by atoms with Crippen LogP contribution in [0.3, 0.4) is 0 Å². The molecule has 2 aliphatic rings. The lowest BCUT2D eigenvalue weighted by molar-refractivity contribution is -0.130. The van der Waals surface area contributed by atoms with Gasteiger partial charge in [0.2, 0.25) is 5.91 Å². The van der Waals surface area contributed by atoms with Gasteiger partial charge < -0.3 is 14.5 Å². The molecule has 0 bridgehead atoms. The highest BCUT2D eigenvalue weighted by molar-refractivity contribution is 9.09. The molecule has 5 nitrogen and oxygen atoms in total. The van der Waals surface area contributed by atoms with Crippen LogP contribution in [0.15, 0.2) is 24.3 Å². The molecule has 1 aliphatic heterocycles. The Hall–Kier alpha value is -1.37. The first-order valence-corrected chi connectivity index (χ1v) is 11.2. The van der Waals surface area contributed by atoms with Crippen molar-refractivity contribution in [1.82, 2.24) is 9.80 Å². The molecule has 1 fully saturated rings. The van der Waals surface area contributed by atoms with Gasteiger partial charge in [-0.2, -0.15) is 0 Å². The van der Waals surface area contributed by atoms with Gasteiger partial charge in [-0.25, -0.2) is 9.18 Å². The molecule has 1 aliphatic carbocycles. The zero-order valence-electron chi connectivity index (χ0n) is 18.3. The lowest BCUT2D eigenvalue weighted by Crippen LogP contribution is -2.52. The maximum absolute atomic E-state index is 14.3. The van der Waals surface area contributed by atoms with Gasteiger partial charge in [-0.05, 0) is 40.0 Å². The summed E-state index contributed by atoms with van der Waals surface area (Å²) in [5.74, 6) is 0.210. The molecule has 2 rings (SSSR count). The average Bonchev–Trinajstić information content (AvgIpc) is 2.95. The molecule has 1 unspecified atom stereocenters. The standard InChI is InChI=1S/C22H34BrFN2O3/c1-15-10-13-26(20(28)29-21(4,5)6)18(15)8-7-12-25(17(3)27)14-22(16(2)24)11-9-19(22)23/h7-9,11,15-16,18-19H,10,12-14H2,1-6H3/b8-7+/t15-,16-,18+,19?,22+/m0/s1. The van der Waals surface area contributed by atoms with Crippen LogP contribution in [0, 0.1) is 11.3 Å². The maximum Gasteiger partial charge on any atom is 0.410 e. The van der Waals surface area contributed by atoms with E-state index in [9.17, 15) is 14.0 Å². The molecule has 7 heteroatoms. The van der Waals surface area contributed by atoms with Gasteiger partial charge in [0.05, 0.1) is 11.5 Å². The number of ether oxygens (including phenoxy) is 1. The van der Waals surface area contributed by atoms with Crippen LogP contribution in [0.5, 0.6) is 0 Å². The number of hydrogen-bond donors (Lipinski definition) is 0. The number of carbonyl (C=O) groups excluding carboxylic acids is 2. The third-order valence-electron chi connectivity index (χ3n) is 5.79. The number of alkyl halides is 2. The van der Waals surface area contributed by atoms with Crippen molar-refractivity contribution in [2.24, 2.45) is 11.3 Å². The predicted molar refractivity (Wildman–Crippen MR) is 117 cm³/mol. The van der Waals surface area contributed by atoms with Gasteiger partial charge in [-0.1, -0.05) is 47.2 Å². The number of allylic oxidation sites excluding steroid dienone is 1. The minimum atomic E-state index is -1.07. The van der Waals surface area contributed by atoms with Crippen molar-refractivity contribution in [3.05, 3.63) is 24.3 Å². The van der Waals surface area contributed by atoms with Gasteiger partial charge in [0, 0.05) is 31.4 Å². The van der Waals surface area contributed by atoms with Gasteiger partial charge in [-0.3, -0.25) is 4.79 Å². The van der Waals surface area contributed by atoms with E-state index in [4.69, 9.17) is 4.74 Å². The summed E-state index contributed by atoms with van der Waals surface area (Å²) in [6.45, 7) is 12.0. The van der Waals surface area contributed by atoms with Crippen LogP contribution in [0.25, 0.3) is 0 Å². The first-order chi connectivity index (χ1) is 13.4. The molecule has 0 radical (unpaired) electrons. The minimum Gasteiger partial charge on any atom is -0.444 e. The Morgan fingerprint density at radius 1 is 1.45 bits per heavy atom. The number of nitrogens with zero attached hydrogens (tertiary/aromatic N) is 2. The molecule has 0 N–H and O–H groups in total. The Bertz CT molecular complexity index is 673. The summed E-state index contributed by atoms with van der Waals surface area (Å²) in [5.41, 5.74) is -1.23. The van der Waals surface area contributed by atoms with E-state index in [1.807, 2.05) is 45.1 Å². The van der Waals surface area contributed by atoms with Crippen molar-refractivity contribution >= 4 is 27.9 Å². The molecule has 0 saturated carbocycles. The van der Waals surface area contributed by atoms with Crippen molar-refractivity contribution < 1.29 is 18.7 Å². The predicted octanol–water partition coefficient (Wildman–Crippen LogP) is 4.71. The molecule has 0 aromatic heterocycles. The number of hydrogen-bond acceptors (Lipinski definition) is 3. The molecule has 164 valence electrons. The summed E-state index contributed by atoms with van der Waals surface area (Å²) in [6, 6.07) is -0.0692. The van der Waals surface area contributed by atoms with E-state index < -0.39 is 17.2 Å². The fourth-order valence-electron chi connectivity index (χ4n) is 3.79. The van der Waals surface area contributed by atoms with Crippen LogP contribution in [0.4, 0.5) is 9.18 Å². The maximum atomic E-state index is 14.3. The molecule has 0 aromatic carbocycles. The van der Waals surface area contributed by atoms with Crippen LogP contribution >= 0.6 is 15.9 Å². The van der Waals surface area contributed by atoms with Gasteiger partial charge >= 0.3 is 6.09 Å². The molecule has 0 spiro atoms. The van der Waals surface area contributed by atoms with E-state index in [1.165, 1.54) is 13.8 Å². The second-order valence-corrected chi connectivity index (χ2v) is 10.2. The van der Waals surface area contributed by atoms with E-state index >= 15 is 0 Å². The van der Waals surface area contributed by atoms with E-state index in [0.717, 1.165) is 6.42 Å². The Morgan fingerprint density at radius 3 is 2.55 bits per heavy atom. The molecule has 1 heterocycles. The number of amides is 2. The van der Waals surface area contributed by atoms with Crippen LogP contribution in [-0.2, 0) is 9.53 Å². The van der Waals surface area contributed by atoms with Gasteiger partial charge in [0.15, 0.2) is 0 Å². The van der Waals surface area contributed by atoms with Crippen molar-refractivity contribution in [2.75, 3.05) is 19.6 Å². The third kappa shape index (κ3) is 5.62. The summed E-state index contributed by atoms with van der Waals surface area (Å²) in [5, 5.41) is 0. The summed E-state index contributed by atoms with van der Waals surface area (Å²) < 4.78 is 19.8. The average molecular weight is 473 g/mol. The summed E-state index contributed by atoms with van der Waals surface area (Å²) >= 11 is 3.50. The molecule has 2 amide bonds. The van der Waals surface area contributed by atoms with Gasteiger partial charge in [-0.15, -0.1) is 0 Å². The monoisotopic (exact) mass is 472 g/mol. The Kier molecular flexibility index (Phi) is 7.57. The molecular weight excluding hydrogens is 439 g/mol. The topological polar surface area (TPSA) is 49.9 Å². The summed E-state index contributed by atoms with van der Waals surface area (Å²) in [6.07, 6.45) is 7.16. The minimum absolute atomic E-state index is 0.0692. The number of likely N-dealkylation sites (tertiary alicyclic amines) is 1. The summed E-state index contributed by atoms with van der Waals surface area (Å²) in [7, 11) is 0.